The van der Waals surface area contributed by atoms with Crippen LogP contribution in [-0.4, -0.2) is 96.7 Å². The number of carbonyl (C=O) groups is 4. The summed E-state index contributed by atoms with van der Waals surface area (Å²) in [6.07, 6.45) is 52.6. The lowest BCUT2D eigenvalue weighted by Gasteiger charge is -2.21. The Morgan fingerprint density at radius 1 is 0.290 bits per heavy atom. The average molecular weight is 1370 g/mol. The van der Waals surface area contributed by atoms with Gasteiger partial charge < -0.3 is 33.8 Å². The van der Waals surface area contributed by atoms with Gasteiger partial charge in [-0.1, -0.05) is 330 Å². The fraction of sp³-hybridized carbons (Fsp3) is 0.946. The molecule has 0 amide bonds. The summed E-state index contributed by atoms with van der Waals surface area (Å²) in [6.45, 7) is 9.59. The van der Waals surface area contributed by atoms with Gasteiger partial charge in [-0.05, 0) is 37.5 Å². The van der Waals surface area contributed by atoms with Crippen molar-refractivity contribution in [3.05, 3.63) is 0 Å². The van der Waals surface area contributed by atoms with Gasteiger partial charge in [-0.2, -0.15) is 0 Å². The van der Waals surface area contributed by atoms with Crippen molar-refractivity contribution in [2.75, 3.05) is 39.6 Å². The van der Waals surface area contributed by atoms with Crippen LogP contribution in [0.5, 0.6) is 0 Å². The Bertz CT molecular complexity index is 1800. The maximum absolute atomic E-state index is 13.1. The van der Waals surface area contributed by atoms with Crippen LogP contribution < -0.4 is 0 Å². The molecule has 0 spiro atoms. The maximum atomic E-state index is 13.1. The Kier molecular flexibility index (Phi) is 64.6. The molecule has 17 nitrogen and oxygen atoms in total. The average Bonchev–Trinajstić information content (AvgIpc) is 1.72. The SMILES string of the molecule is CCCCCCCCCCCCCCCCC(=O)O[C@H](COC(=O)CCCCCCCCCCC)COP(=O)(O)OC[C@H](O)COP(=O)(O)OC[C@@H](COC(=O)CCCCCCCCCCCCCCC(C)C)OC(=O)CCCCCCCCCCCCCCC(C)C. The van der Waals surface area contributed by atoms with Crippen LogP contribution in [0, 0.1) is 11.8 Å². The number of unbranched alkanes of at least 4 members (excludes halogenated alkanes) is 43. The highest BCUT2D eigenvalue weighted by atomic mass is 31.2. The highest BCUT2D eigenvalue weighted by Gasteiger charge is 2.30. The molecule has 2 unspecified atom stereocenters. The van der Waals surface area contributed by atoms with E-state index in [0.29, 0.717) is 25.7 Å². The van der Waals surface area contributed by atoms with Gasteiger partial charge in [0.15, 0.2) is 12.2 Å². The van der Waals surface area contributed by atoms with Crippen molar-refractivity contribution in [3.8, 4) is 0 Å². The van der Waals surface area contributed by atoms with Crippen molar-refractivity contribution in [2.24, 2.45) is 11.8 Å². The topological polar surface area (TPSA) is 237 Å². The van der Waals surface area contributed by atoms with Gasteiger partial charge in [0, 0.05) is 25.7 Å². The summed E-state index contributed by atoms with van der Waals surface area (Å²) < 4.78 is 68.4. The van der Waals surface area contributed by atoms with E-state index in [0.717, 1.165) is 102 Å². The summed E-state index contributed by atoms with van der Waals surface area (Å²) >= 11 is 0. The molecule has 0 aliphatic carbocycles. The van der Waals surface area contributed by atoms with E-state index in [1.165, 1.54) is 199 Å². The number of carbonyl (C=O) groups excluding carboxylic acids is 4. The number of phosphoric acid groups is 2. The summed E-state index contributed by atoms with van der Waals surface area (Å²) in [5, 5.41) is 10.6. The van der Waals surface area contributed by atoms with E-state index < -0.39 is 97.5 Å². The third-order valence-electron chi connectivity index (χ3n) is 17.2. The summed E-state index contributed by atoms with van der Waals surface area (Å²) in [5.41, 5.74) is 0. The standard InChI is InChI=1S/C74H144O17P2/c1-7-9-11-13-15-17-18-19-20-28-34-40-46-52-58-73(78)90-69(62-84-71(76)56-50-44-38-30-16-14-12-10-8-2)64-88-92(80,81)86-60-68(75)61-87-93(82,83)89-65-70(91-74(79)59-53-47-41-35-29-24-22-26-32-37-43-49-55-67(5)6)63-85-72(77)57-51-45-39-33-27-23-21-25-31-36-42-48-54-66(3)4/h66-70,75H,7-65H2,1-6H3,(H,80,81)(H,82,83)/t68-,69+,70+/m0/s1. The lowest BCUT2D eigenvalue weighted by atomic mass is 10.0. The fourth-order valence-electron chi connectivity index (χ4n) is 11.3. The molecule has 0 aromatic carbocycles. The first-order valence-corrected chi connectivity index (χ1v) is 41.5. The Morgan fingerprint density at radius 3 is 0.731 bits per heavy atom. The number of hydrogen-bond donors (Lipinski definition) is 3. The van der Waals surface area contributed by atoms with Crippen molar-refractivity contribution in [1.29, 1.82) is 0 Å². The van der Waals surface area contributed by atoms with E-state index in [2.05, 4.69) is 41.5 Å². The smallest absolute Gasteiger partial charge is 0.462 e. The molecule has 0 aliphatic rings. The van der Waals surface area contributed by atoms with Gasteiger partial charge in [0.2, 0.25) is 0 Å². The lowest BCUT2D eigenvalue weighted by Crippen LogP contribution is -2.30. The normalized spacial score (nSPS) is 14.1. The Balaban J connectivity index is 5.24. The lowest BCUT2D eigenvalue weighted by molar-refractivity contribution is -0.161. The van der Waals surface area contributed by atoms with Gasteiger partial charge in [0.1, 0.15) is 19.3 Å². The van der Waals surface area contributed by atoms with Crippen molar-refractivity contribution < 1.29 is 80.2 Å². The van der Waals surface area contributed by atoms with Gasteiger partial charge in [-0.15, -0.1) is 0 Å². The minimum absolute atomic E-state index is 0.107. The number of ether oxygens (including phenoxy) is 4. The van der Waals surface area contributed by atoms with Crippen LogP contribution in [0.15, 0.2) is 0 Å². The Hall–Kier alpha value is -1.94. The molecular formula is C74H144O17P2. The molecule has 3 N–H and O–H groups in total. The molecule has 0 rings (SSSR count). The molecular weight excluding hydrogens is 1220 g/mol. The van der Waals surface area contributed by atoms with Gasteiger partial charge in [-0.3, -0.25) is 37.3 Å². The van der Waals surface area contributed by atoms with Gasteiger partial charge >= 0.3 is 39.5 Å². The van der Waals surface area contributed by atoms with Crippen LogP contribution in [0.2, 0.25) is 0 Å². The van der Waals surface area contributed by atoms with Crippen LogP contribution >= 0.6 is 15.6 Å². The maximum Gasteiger partial charge on any atom is 0.472 e. The highest BCUT2D eigenvalue weighted by Crippen LogP contribution is 2.45. The zero-order valence-corrected chi connectivity index (χ0v) is 62.3. The van der Waals surface area contributed by atoms with E-state index in [-0.39, 0.29) is 25.7 Å². The van der Waals surface area contributed by atoms with Crippen molar-refractivity contribution in [3.63, 3.8) is 0 Å². The van der Waals surface area contributed by atoms with Crippen molar-refractivity contribution in [1.82, 2.24) is 0 Å². The largest absolute Gasteiger partial charge is 0.472 e. The number of aliphatic hydroxyl groups excluding tert-OH is 1. The van der Waals surface area contributed by atoms with Crippen LogP contribution in [0.25, 0.3) is 0 Å². The predicted molar refractivity (Wildman–Crippen MR) is 377 cm³/mol. The minimum atomic E-state index is -4.96. The highest BCUT2D eigenvalue weighted by molar-refractivity contribution is 7.47. The molecule has 0 aromatic heterocycles. The number of phosphoric ester groups is 2. The monoisotopic (exact) mass is 1370 g/mol. The quantitative estimate of drug-likeness (QED) is 0.0222. The molecule has 0 fully saturated rings. The van der Waals surface area contributed by atoms with E-state index in [4.69, 9.17) is 37.0 Å². The zero-order chi connectivity index (χ0) is 68.6. The van der Waals surface area contributed by atoms with Crippen LogP contribution in [-0.2, 0) is 65.4 Å². The van der Waals surface area contributed by atoms with Gasteiger partial charge in [0.05, 0.1) is 26.4 Å². The molecule has 0 radical (unpaired) electrons. The summed E-state index contributed by atoms with van der Waals surface area (Å²) in [4.78, 5) is 72.7. The second-order valence-electron chi connectivity index (χ2n) is 27.6. The number of esters is 4. The van der Waals surface area contributed by atoms with Crippen molar-refractivity contribution >= 4 is 39.5 Å². The number of hydrogen-bond acceptors (Lipinski definition) is 15. The minimum Gasteiger partial charge on any atom is -0.462 e. The molecule has 552 valence electrons. The molecule has 0 saturated heterocycles. The molecule has 19 heteroatoms. The Morgan fingerprint density at radius 2 is 0.495 bits per heavy atom. The molecule has 0 aliphatic heterocycles. The van der Waals surface area contributed by atoms with E-state index >= 15 is 0 Å². The summed E-state index contributed by atoms with van der Waals surface area (Å²) in [7, 11) is -9.91. The predicted octanol–water partition coefficient (Wildman–Crippen LogP) is 21.6. The fourth-order valence-corrected chi connectivity index (χ4v) is 12.9. The molecule has 93 heavy (non-hydrogen) atoms. The first kappa shape index (κ1) is 91.1. The van der Waals surface area contributed by atoms with E-state index in [1.54, 1.807) is 0 Å². The third kappa shape index (κ3) is 68.4. The third-order valence-corrected chi connectivity index (χ3v) is 19.1. The van der Waals surface area contributed by atoms with Crippen LogP contribution in [0.1, 0.15) is 382 Å². The van der Waals surface area contributed by atoms with Crippen LogP contribution in [0.4, 0.5) is 0 Å². The number of rotatable bonds is 73. The molecule has 0 saturated carbocycles. The van der Waals surface area contributed by atoms with Gasteiger partial charge in [0.25, 0.3) is 0 Å². The second-order valence-corrected chi connectivity index (χ2v) is 30.5. The van der Waals surface area contributed by atoms with Crippen molar-refractivity contribution in [2.45, 2.75) is 400 Å². The van der Waals surface area contributed by atoms with E-state index in [1.807, 2.05) is 0 Å². The summed E-state index contributed by atoms with van der Waals surface area (Å²) in [6, 6.07) is 0. The summed E-state index contributed by atoms with van der Waals surface area (Å²) in [5.74, 6) is -0.559. The molecule has 5 atom stereocenters. The second kappa shape index (κ2) is 66.0. The van der Waals surface area contributed by atoms with E-state index in [9.17, 15) is 43.2 Å². The molecule has 0 bridgehead atoms. The Labute approximate surface area is 568 Å². The first-order chi connectivity index (χ1) is 44.9. The van der Waals surface area contributed by atoms with Crippen LogP contribution in [0.3, 0.4) is 0 Å². The number of aliphatic hydroxyl groups is 1. The first-order valence-electron chi connectivity index (χ1n) is 38.5. The van der Waals surface area contributed by atoms with Gasteiger partial charge in [-0.25, -0.2) is 9.13 Å². The molecule has 0 heterocycles. The zero-order valence-electron chi connectivity index (χ0n) is 60.6. The molecule has 0 aromatic rings.